The van der Waals surface area contributed by atoms with Gasteiger partial charge in [-0.25, -0.2) is 0 Å². The molecule has 2 aromatic rings. The van der Waals surface area contributed by atoms with E-state index in [0.717, 1.165) is 10.8 Å². The molecular formula is C13H14O3S. The van der Waals surface area contributed by atoms with E-state index in [1.807, 2.05) is 42.7 Å². The molecule has 0 spiro atoms. The topological polar surface area (TPSA) is 38.7 Å². The number of hydrogen-bond acceptors (Lipinski definition) is 4. The summed E-state index contributed by atoms with van der Waals surface area (Å²) in [6.45, 7) is 0.259. The normalized spacial score (nSPS) is 10.5. The molecule has 17 heavy (non-hydrogen) atoms. The predicted molar refractivity (Wildman–Crippen MR) is 70.7 cm³/mol. The van der Waals surface area contributed by atoms with Crippen molar-refractivity contribution in [1.82, 2.24) is 0 Å². The minimum absolute atomic E-state index is 0.00840. The van der Waals surface area contributed by atoms with Gasteiger partial charge in [0.15, 0.2) is 11.5 Å². The maximum atomic E-state index is 8.79. The Morgan fingerprint density at radius 3 is 2.76 bits per heavy atom. The molecule has 0 saturated heterocycles. The highest BCUT2D eigenvalue weighted by Gasteiger charge is 2.10. The number of fused-ring (bicyclic) bond motifs is 1. The second kappa shape index (κ2) is 5.80. The van der Waals surface area contributed by atoms with Gasteiger partial charge in [0.1, 0.15) is 6.61 Å². The first kappa shape index (κ1) is 12.1. The molecule has 0 aliphatic carbocycles. The third-order valence-electron chi connectivity index (χ3n) is 2.36. The van der Waals surface area contributed by atoms with E-state index in [4.69, 9.17) is 14.0 Å². The predicted octanol–water partition coefficient (Wildman–Crippen LogP) is 2.87. The van der Waals surface area contributed by atoms with Crippen molar-refractivity contribution in [1.29, 1.82) is 0 Å². The minimum atomic E-state index is -0.00840. The van der Waals surface area contributed by atoms with Crippen molar-refractivity contribution in [2.24, 2.45) is 0 Å². The first-order valence-corrected chi connectivity index (χ1v) is 6.48. The lowest BCUT2D eigenvalue weighted by atomic mass is 10.1. The van der Waals surface area contributed by atoms with Crippen LogP contribution >= 0.6 is 12.0 Å². The Morgan fingerprint density at radius 1 is 1.18 bits per heavy atom. The molecule has 2 aromatic carbocycles. The largest absolute Gasteiger partial charge is 0.487 e. The van der Waals surface area contributed by atoms with Crippen LogP contribution in [-0.4, -0.2) is 24.6 Å². The van der Waals surface area contributed by atoms with Crippen molar-refractivity contribution in [3.63, 3.8) is 0 Å². The molecule has 0 amide bonds. The summed E-state index contributed by atoms with van der Waals surface area (Å²) in [5.74, 6) is 1.37. The number of aliphatic hydroxyl groups is 1. The highest BCUT2D eigenvalue weighted by Crippen LogP contribution is 2.37. The summed E-state index contributed by atoms with van der Waals surface area (Å²) in [7, 11) is 0. The molecule has 90 valence electrons. The lowest BCUT2D eigenvalue weighted by molar-refractivity contribution is 0.199. The molecule has 0 fully saturated rings. The van der Waals surface area contributed by atoms with Gasteiger partial charge in [-0.15, -0.1) is 0 Å². The Labute approximate surface area is 105 Å². The van der Waals surface area contributed by atoms with Crippen molar-refractivity contribution in [3.8, 4) is 11.5 Å². The second-order valence-electron chi connectivity index (χ2n) is 3.44. The summed E-state index contributed by atoms with van der Waals surface area (Å²) in [5.41, 5.74) is 0. The molecule has 2 rings (SSSR count). The minimum Gasteiger partial charge on any atom is -0.487 e. The first-order valence-electron chi connectivity index (χ1n) is 5.33. The fourth-order valence-electron chi connectivity index (χ4n) is 1.66. The van der Waals surface area contributed by atoms with E-state index in [1.54, 1.807) is 0 Å². The molecule has 0 atom stereocenters. The number of aliphatic hydroxyl groups excluding tert-OH is 1. The van der Waals surface area contributed by atoms with E-state index >= 15 is 0 Å². The monoisotopic (exact) mass is 250 g/mol. The van der Waals surface area contributed by atoms with E-state index in [-0.39, 0.29) is 13.2 Å². The smallest absolute Gasteiger partial charge is 0.186 e. The van der Waals surface area contributed by atoms with Crippen molar-refractivity contribution >= 4 is 22.8 Å². The standard InChI is InChI=1S/C13H14O3S/c1-17-16-13-11-5-3-2-4-10(11)6-7-12(13)15-9-8-14/h2-7,14H,8-9H2,1H3. The quantitative estimate of drug-likeness (QED) is 0.828. The first-order chi connectivity index (χ1) is 8.36. The van der Waals surface area contributed by atoms with Crippen LogP contribution in [0, 0.1) is 0 Å². The average molecular weight is 250 g/mol. The summed E-state index contributed by atoms with van der Waals surface area (Å²) in [6, 6.07) is 11.8. The molecule has 4 heteroatoms. The van der Waals surface area contributed by atoms with Crippen molar-refractivity contribution in [2.45, 2.75) is 0 Å². The molecule has 3 nitrogen and oxygen atoms in total. The zero-order chi connectivity index (χ0) is 12.1. The Balaban J connectivity index is 2.47. The van der Waals surface area contributed by atoms with Crippen LogP contribution < -0.4 is 8.92 Å². The van der Waals surface area contributed by atoms with Gasteiger partial charge in [-0.1, -0.05) is 30.3 Å². The lowest BCUT2D eigenvalue weighted by Gasteiger charge is -2.12. The van der Waals surface area contributed by atoms with Gasteiger partial charge in [-0.05, 0) is 11.5 Å². The number of ether oxygens (including phenoxy) is 1. The zero-order valence-corrected chi connectivity index (χ0v) is 10.4. The third-order valence-corrected chi connectivity index (χ3v) is 2.69. The number of benzene rings is 2. The van der Waals surface area contributed by atoms with Crippen LogP contribution in [0.25, 0.3) is 10.8 Å². The molecule has 0 bridgehead atoms. The molecule has 0 heterocycles. The Morgan fingerprint density at radius 2 is 2.00 bits per heavy atom. The van der Waals surface area contributed by atoms with Gasteiger partial charge in [-0.2, -0.15) is 0 Å². The zero-order valence-electron chi connectivity index (χ0n) is 9.55. The summed E-state index contributed by atoms with van der Waals surface area (Å²) in [6.07, 6.45) is 1.86. The third kappa shape index (κ3) is 2.65. The van der Waals surface area contributed by atoms with Crippen LogP contribution in [-0.2, 0) is 0 Å². The van der Waals surface area contributed by atoms with Gasteiger partial charge in [0.2, 0.25) is 0 Å². The molecule has 0 aliphatic rings. The Kier molecular flexibility index (Phi) is 4.12. The molecule has 0 saturated carbocycles. The Hall–Kier alpha value is -1.39. The molecule has 0 aromatic heterocycles. The Bertz CT molecular complexity index is 499. The maximum absolute atomic E-state index is 8.79. The summed E-state index contributed by atoms with van der Waals surface area (Å²) >= 11 is 1.27. The molecule has 0 unspecified atom stereocenters. The maximum Gasteiger partial charge on any atom is 0.186 e. The second-order valence-corrected chi connectivity index (χ2v) is 3.94. The van der Waals surface area contributed by atoms with Crippen LogP contribution in [0.5, 0.6) is 11.5 Å². The fraction of sp³-hybridized carbons (Fsp3) is 0.231. The van der Waals surface area contributed by atoms with Crippen LogP contribution in [0.1, 0.15) is 0 Å². The van der Waals surface area contributed by atoms with Gasteiger partial charge in [0.25, 0.3) is 0 Å². The molecule has 1 N–H and O–H groups in total. The van der Waals surface area contributed by atoms with E-state index in [0.29, 0.717) is 11.5 Å². The molecule has 0 radical (unpaired) electrons. The van der Waals surface area contributed by atoms with Gasteiger partial charge in [-0.3, -0.25) is 0 Å². The lowest BCUT2D eigenvalue weighted by Crippen LogP contribution is -2.02. The van der Waals surface area contributed by atoms with Gasteiger partial charge in [0.05, 0.1) is 18.6 Å². The van der Waals surface area contributed by atoms with Crippen molar-refractivity contribution < 1.29 is 14.0 Å². The van der Waals surface area contributed by atoms with E-state index in [9.17, 15) is 0 Å². The van der Waals surface area contributed by atoms with E-state index in [2.05, 4.69) is 0 Å². The van der Waals surface area contributed by atoms with Crippen LogP contribution in [0.2, 0.25) is 0 Å². The van der Waals surface area contributed by atoms with Gasteiger partial charge in [0, 0.05) is 11.6 Å². The van der Waals surface area contributed by atoms with Gasteiger partial charge < -0.3 is 14.0 Å². The van der Waals surface area contributed by atoms with Crippen molar-refractivity contribution in [3.05, 3.63) is 36.4 Å². The molecular weight excluding hydrogens is 236 g/mol. The SMILES string of the molecule is CSOc1c(OCCO)ccc2ccccc12. The van der Waals surface area contributed by atoms with Crippen LogP contribution in [0.3, 0.4) is 0 Å². The van der Waals surface area contributed by atoms with Crippen LogP contribution in [0.4, 0.5) is 0 Å². The summed E-state index contributed by atoms with van der Waals surface area (Å²) in [4.78, 5) is 0. The summed E-state index contributed by atoms with van der Waals surface area (Å²) in [5, 5.41) is 10.9. The highest BCUT2D eigenvalue weighted by atomic mass is 32.2. The molecule has 0 aliphatic heterocycles. The number of rotatable bonds is 5. The summed E-state index contributed by atoms with van der Waals surface area (Å²) < 4.78 is 11.0. The van der Waals surface area contributed by atoms with E-state index in [1.165, 1.54) is 12.0 Å². The van der Waals surface area contributed by atoms with Crippen molar-refractivity contribution in [2.75, 3.05) is 19.5 Å². The average Bonchev–Trinajstić information content (AvgIpc) is 2.38. The fourth-order valence-corrected chi connectivity index (χ4v) is 2.00. The van der Waals surface area contributed by atoms with Gasteiger partial charge >= 0.3 is 0 Å². The highest BCUT2D eigenvalue weighted by molar-refractivity contribution is 7.94. The number of hydrogen-bond donors (Lipinski definition) is 1. The van der Waals surface area contributed by atoms with E-state index < -0.39 is 0 Å². The van der Waals surface area contributed by atoms with Crippen LogP contribution in [0.15, 0.2) is 36.4 Å².